The molecule has 2 aromatic heterocycles. The number of hydrogen-bond donors (Lipinski definition) is 0. The van der Waals surface area contributed by atoms with Gasteiger partial charge in [0.1, 0.15) is 11.6 Å². The molecule has 4 aromatic rings. The highest BCUT2D eigenvalue weighted by atomic mass is 35.5. The predicted molar refractivity (Wildman–Crippen MR) is 116 cm³/mol. The van der Waals surface area contributed by atoms with Crippen LogP contribution in [0.25, 0.3) is 33.2 Å². The van der Waals surface area contributed by atoms with Crippen molar-refractivity contribution in [2.75, 3.05) is 6.61 Å². The van der Waals surface area contributed by atoms with Gasteiger partial charge in [-0.15, -0.1) is 11.3 Å². The van der Waals surface area contributed by atoms with Crippen LogP contribution in [0.15, 0.2) is 48.5 Å². The van der Waals surface area contributed by atoms with Crippen molar-refractivity contribution in [1.82, 2.24) is 14.8 Å². The minimum atomic E-state index is -0.438. The van der Waals surface area contributed by atoms with Gasteiger partial charge in [0.25, 0.3) is 0 Å². The Morgan fingerprint density at radius 1 is 1.17 bits per heavy atom. The summed E-state index contributed by atoms with van der Waals surface area (Å²) in [6.45, 7) is 4.65. The lowest BCUT2D eigenvalue weighted by molar-refractivity contribution is 0.340. The fourth-order valence-corrected chi connectivity index (χ4v) is 4.43. The Morgan fingerprint density at radius 2 is 1.93 bits per heavy atom. The fourth-order valence-electron chi connectivity index (χ4n) is 3.16. The molecule has 2 heterocycles. The highest BCUT2D eigenvalue weighted by Crippen LogP contribution is 2.38. The van der Waals surface area contributed by atoms with Gasteiger partial charge >= 0.3 is 0 Å². The first-order valence-corrected chi connectivity index (χ1v) is 10.4. The first kappa shape index (κ1) is 19.6. The van der Waals surface area contributed by atoms with E-state index in [-0.39, 0.29) is 11.4 Å². The van der Waals surface area contributed by atoms with Gasteiger partial charge < -0.3 is 4.74 Å². The third-order valence-electron chi connectivity index (χ3n) is 4.56. The number of aryl methyl sites for hydroxylation is 2. The Bertz CT molecular complexity index is 1150. The van der Waals surface area contributed by atoms with Crippen molar-refractivity contribution < 1.29 is 9.13 Å². The number of ether oxygens (including phenoxy) is 1. The number of aromatic nitrogens is 3. The molecule has 29 heavy (non-hydrogen) atoms. The van der Waals surface area contributed by atoms with E-state index >= 15 is 0 Å². The third kappa shape index (κ3) is 3.78. The molecular formula is C22H19ClFN3OS. The molecule has 0 amide bonds. The van der Waals surface area contributed by atoms with E-state index in [2.05, 4.69) is 16.1 Å². The van der Waals surface area contributed by atoms with Crippen LogP contribution in [0.2, 0.25) is 5.02 Å². The molecule has 0 aliphatic carbocycles. The van der Waals surface area contributed by atoms with Crippen LogP contribution >= 0.6 is 22.9 Å². The number of halogens is 2. The van der Waals surface area contributed by atoms with Gasteiger partial charge in [0.05, 0.1) is 17.2 Å². The summed E-state index contributed by atoms with van der Waals surface area (Å²) in [5, 5.41) is 4.69. The predicted octanol–water partition coefficient (Wildman–Crippen LogP) is 6.38. The zero-order chi connectivity index (χ0) is 20.5. The van der Waals surface area contributed by atoms with Crippen molar-refractivity contribution in [3.05, 3.63) is 64.2 Å². The Balaban J connectivity index is 1.72. The second-order valence-corrected chi connectivity index (χ2v) is 8.18. The summed E-state index contributed by atoms with van der Waals surface area (Å²) in [7, 11) is 1.80. The van der Waals surface area contributed by atoms with E-state index in [0.29, 0.717) is 17.5 Å². The Morgan fingerprint density at radius 3 is 2.62 bits per heavy atom. The van der Waals surface area contributed by atoms with E-state index in [0.717, 1.165) is 26.6 Å². The SMILES string of the molecule is CCOc1ccc(-c2cc(-c3nc(-c4c(F)cccc4Cl)nn3C)c(C)s2)cc1. The highest BCUT2D eigenvalue weighted by molar-refractivity contribution is 7.16. The van der Waals surface area contributed by atoms with Crippen LogP contribution in [0.4, 0.5) is 4.39 Å². The molecule has 0 saturated heterocycles. The molecule has 0 saturated carbocycles. The normalized spacial score (nSPS) is 11.1. The van der Waals surface area contributed by atoms with Gasteiger partial charge in [-0.2, -0.15) is 5.10 Å². The topological polar surface area (TPSA) is 39.9 Å². The molecule has 148 valence electrons. The zero-order valence-electron chi connectivity index (χ0n) is 16.2. The van der Waals surface area contributed by atoms with Crippen molar-refractivity contribution >= 4 is 22.9 Å². The van der Waals surface area contributed by atoms with E-state index in [9.17, 15) is 4.39 Å². The molecule has 0 bridgehead atoms. The second kappa shape index (κ2) is 7.97. The van der Waals surface area contributed by atoms with Gasteiger partial charge in [0.15, 0.2) is 11.6 Å². The summed E-state index contributed by atoms with van der Waals surface area (Å²) in [5.41, 5.74) is 2.29. The van der Waals surface area contributed by atoms with Crippen LogP contribution in [0.5, 0.6) is 5.75 Å². The van der Waals surface area contributed by atoms with Crippen molar-refractivity contribution in [2.45, 2.75) is 13.8 Å². The van der Waals surface area contributed by atoms with Crippen molar-refractivity contribution in [3.8, 4) is 39.0 Å². The van der Waals surface area contributed by atoms with Crippen LogP contribution in [-0.2, 0) is 7.05 Å². The maximum atomic E-state index is 14.3. The van der Waals surface area contributed by atoms with Gasteiger partial charge in [0, 0.05) is 22.4 Å². The monoisotopic (exact) mass is 427 g/mol. The van der Waals surface area contributed by atoms with Gasteiger partial charge in [-0.05, 0) is 61.9 Å². The molecule has 0 aliphatic heterocycles. The first-order valence-electron chi connectivity index (χ1n) is 9.17. The summed E-state index contributed by atoms with van der Waals surface area (Å²) in [5.74, 6) is 1.36. The van der Waals surface area contributed by atoms with Gasteiger partial charge in [0.2, 0.25) is 0 Å². The van der Waals surface area contributed by atoms with Gasteiger partial charge in [-0.25, -0.2) is 14.1 Å². The molecule has 2 aromatic carbocycles. The number of benzene rings is 2. The minimum Gasteiger partial charge on any atom is -0.494 e. The third-order valence-corrected chi connectivity index (χ3v) is 5.97. The van der Waals surface area contributed by atoms with E-state index in [1.807, 2.05) is 38.1 Å². The Kier molecular flexibility index (Phi) is 5.39. The zero-order valence-corrected chi connectivity index (χ0v) is 17.8. The average molecular weight is 428 g/mol. The Labute approximate surface area is 177 Å². The molecule has 7 heteroatoms. The summed E-state index contributed by atoms with van der Waals surface area (Å²) in [4.78, 5) is 6.82. The van der Waals surface area contributed by atoms with Crippen molar-refractivity contribution in [3.63, 3.8) is 0 Å². The number of thiophene rings is 1. The smallest absolute Gasteiger partial charge is 0.186 e. The van der Waals surface area contributed by atoms with Crippen LogP contribution in [0.1, 0.15) is 11.8 Å². The van der Waals surface area contributed by atoms with Crippen molar-refractivity contribution in [1.29, 1.82) is 0 Å². The van der Waals surface area contributed by atoms with Gasteiger partial charge in [-0.1, -0.05) is 17.7 Å². The lowest BCUT2D eigenvalue weighted by Gasteiger charge is -2.03. The van der Waals surface area contributed by atoms with Crippen LogP contribution in [-0.4, -0.2) is 21.4 Å². The molecule has 4 rings (SSSR count). The van der Waals surface area contributed by atoms with Crippen LogP contribution in [0.3, 0.4) is 0 Å². The minimum absolute atomic E-state index is 0.218. The molecule has 0 fully saturated rings. The van der Waals surface area contributed by atoms with Crippen molar-refractivity contribution in [2.24, 2.45) is 7.05 Å². The average Bonchev–Trinajstić information content (AvgIpc) is 3.25. The summed E-state index contributed by atoms with van der Waals surface area (Å²) in [6, 6.07) is 14.7. The lowest BCUT2D eigenvalue weighted by Crippen LogP contribution is -1.94. The van der Waals surface area contributed by atoms with Crippen LogP contribution < -0.4 is 4.74 Å². The molecule has 0 spiro atoms. The maximum Gasteiger partial charge on any atom is 0.186 e. The van der Waals surface area contributed by atoms with Crippen LogP contribution in [0, 0.1) is 12.7 Å². The largest absolute Gasteiger partial charge is 0.494 e. The number of nitrogens with zero attached hydrogens (tertiary/aromatic N) is 3. The molecule has 0 aliphatic rings. The maximum absolute atomic E-state index is 14.3. The first-order chi connectivity index (χ1) is 14.0. The standard InChI is InChI=1S/C22H19ClFN3OS/c1-4-28-15-10-8-14(9-11-15)19-12-16(13(2)29-19)22-25-21(26-27(22)3)20-17(23)6-5-7-18(20)24/h5-12H,4H2,1-3H3. The number of hydrogen-bond acceptors (Lipinski definition) is 4. The van der Waals surface area contributed by atoms with E-state index in [4.69, 9.17) is 16.3 Å². The van der Waals surface area contributed by atoms with E-state index in [1.54, 1.807) is 35.2 Å². The molecule has 0 radical (unpaired) electrons. The highest BCUT2D eigenvalue weighted by Gasteiger charge is 2.20. The Hall–Kier alpha value is -2.70. The summed E-state index contributed by atoms with van der Waals surface area (Å²) in [6.07, 6.45) is 0. The molecule has 0 N–H and O–H groups in total. The lowest BCUT2D eigenvalue weighted by atomic mass is 10.1. The quantitative estimate of drug-likeness (QED) is 0.371. The summed E-state index contributed by atoms with van der Waals surface area (Å²) < 4.78 is 21.5. The van der Waals surface area contributed by atoms with E-state index in [1.165, 1.54) is 6.07 Å². The number of rotatable bonds is 5. The summed E-state index contributed by atoms with van der Waals surface area (Å²) >= 11 is 7.86. The molecular weight excluding hydrogens is 409 g/mol. The van der Waals surface area contributed by atoms with E-state index < -0.39 is 5.82 Å². The second-order valence-electron chi connectivity index (χ2n) is 6.52. The molecule has 0 unspecified atom stereocenters. The molecule has 0 atom stereocenters. The van der Waals surface area contributed by atoms with Gasteiger partial charge in [-0.3, -0.25) is 0 Å². The fraction of sp³-hybridized carbons (Fsp3) is 0.182. The molecule has 4 nitrogen and oxygen atoms in total.